The first-order chi connectivity index (χ1) is 12.8. The number of hydrogen-bond acceptors (Lipinski definition) is 5. The molecule has 1 saturated heterocycles. The van der Waals surface area contributed by atoms with Crippen LogP contribution in [0.1, 0.15) is 37.4 Å². The van der Waals surface area contributed by atoms with E-state index in [2.05, 4.69) is 21.7 Å². The van der Waals surface area contributed by atoms with E-state index in [4.69, 9.17) is 0 Å². The number of sulfonamides is 1. The first-order valence-corrected chi connectivity index (χ1v) is 11.6. The molecule has 1 aliphatic rings. The maximum absolute atomic E-state index is 12.6. The highest BCUT2D eigenvalue weighted by Crippen LogP contribution is 2.32. The van der Waals surface area contributed by atoms with Gasteiger partial charge in [-0.25, -0.2) is 13.1 Å². The highest BCUT2D eigenvalue weighted by atomic mass is 32.2. The summed E-state index contributed by atoms with van der Waals surface area (Å²) in [6.45, 7) is 5.30. The van der Waals surface area contributed by atoms with Gasteiger partial charge in [0, 0.05) is 34.3 Å². The van der Waals surface area contributed by atoms with Gasteiger partial charge in [0.25, 0.3) is 5.56 Å². The van der Waals surface area contributed by atoms with E-state index >= 15 is 0 Å². The molecule has 2 aromatic rings. The number of pyridine rings is 1. The third-order valence-corrected chi connectivity index (χ3v) is 8.32. The molecule has 0 amide bonds. The van der Waals surface area contributed by atoms with Gasteiger partial charge in [0.2, 0.25) is 10.0 Å². The molecule has 0 saturated carbocycles. The Morgan fingerprint density at radius 1 is 1.37 bits per heavy atom. The van der Waals surface area contributed by atoms with Crippen molar-refractivity contribution >= 4 is 21.4 Å². The summed E-state index contributed by atoms with van der Waals surface area (Å²) in [7, 11) is -1.42. The summed E-state index contributed by atoms with van der Waals surface area (Å²) in [5.41, 5.74) is 2.25. The van der Waals surface area contributed by atoms with Crippen LogP contribution in [-0.2, 0) is 16.4 Å². The zero-order valence-electron chi connectivity index (χ0n) is 16.0. The molecular weight excluding hydrogens is 382 g/mol. The van der Waals surface area contributed by atoms with Gasteiger partial charge in [-0.3, -0.25) is 4.79 Å². The van der Waals surface area contributed by atoms with Crippen molar-refractivity contribution in [1.82, 2.24) is 14.6 Å². The highest BCUT2D eigenvalue weighted by Gasteiger charge is 2.22. The second-order valence-corrected chi connectivity index (χ2v) is 10.2. The van der Waals surface area contributed by atoms with E-state index in [9.17, 15) is 13.2 Å². The normalized spacial score (nSPS) is 18.3. The van der Waals surface area contributed by atoms with Gasteiger partial charge < -0.3 is 9.88 Å². The van der Waals surface area contributed by atoms with Crippen molar-refractivity contribution in [1.29, 1.82) is 0 Å². The van der Waals surface area contributed by atoms with Gasteiger partial charge in [0.15, 0.2) is 0 Å². The summed E-state index contributed by atoms with van der Waals surface area (Å²) < 4.78 is 28.3. The van der Waals surface area contributed by atoms with E-state index in [1.54, 1.807) is 6.07 Å². The summed E-state index contributed by atoms with van der Waals surface area (Å²) in [5, 5.41) is 0. The molecule has 148 valence electrons. The first kappa shape index (κ1) is 20.3. The molecule has 27 heavy (non-hydrogen) atoms. The molecule has 0 aromatic carbocycles. The SMILES string of the molecule is CCc1cc(-c2ccc(S(=O)(=O)NCCC3CCCN3C)s2)c(C)[nH]c1=O. The van der Waals surface area contributed by atoms with Crippen LogP contribution >= 0.6 is 11.3 Å². The number of rotatable bonds is 7. The van der Waals surface area contributed by atoms with E-state index in [1.807, 2.05) is 26.0 Å². The molecule has 1 aliphatic heterocycles. The van der Waals surface area contributed by atoms with Crippen molar-refractivity contribution in [3.05, 3.63) is 39.8 Å². The number of aryl methyl sites for hydroxylation is 2. The number of aromatic amines is 1. The second-order valence-electron chi connectivity index (χ2n) is 7.10. The molecule has 2 aromatic heterocycles. The fourth-order valence-corrected chi connectivity index (χ4v) is 6.04. The zero-order chi connectivity index (χ0) is 19.6. The summed E-state index contributed by atoms with van der Waals surface area (Å²) >= 11 is 1.23. The van der Waals surface area contributed by atoms with Gasteiger partial charge in [-0.2, -0.15) is 0 Å². The Labute approximate surface area is 164 Å². The monoisotopic (exact) mass is 409 g/mol. The molecule has 6 nitrogen and oxygen atoms in total. The molecule has 1 atom stereocenters. The third kappa shape index (κ3) is 4.51. The van der Waals surface area contributed by atoms with Crippen LogP contribution in [0.4, 0.5) is 0 Å². The molecule has 0 radical (unpaired) electrons. The summed E-state index contributed by atoms with van der Waals surface area (Å²) in [6.07, 6.45) is 3.77. The predicted molar refractivity (Wildman–Crippen MR) is 110 cm³/mol. The smallest absolute Gasteiger partial charge is 0.251 e. The number of nitrogens with one attached hydrogen (secondary N) is 2. The number of hydrogen-bond donors (Lipinski definition) is 2. The number of H-pyrrole nitrogens is 1. The molecular formula is C19H27N3O3S2. The molecule has 0 spiro atoms. The van der Waals surface area contributed by atoms with Crippen LogP contribution in [0.2, 0.25) is 0 Å². The van der Waals surface area contributed by atoms with Crippen LogP contribution in [0.3, 0.4) is 0 Å². The van der Waals surface area contributed by atoms with E-state index < -0.39 is 10.0 Å². The van der Waals surface area contributed by atoms with Gasteiger partial charge in [0.1, 0.15) is 4.21 Å². The Morgan fingerprint density at radius 2 is 2.15 bits per heavy atom. The summed E-state index contributed by atoms with van der Waals surface area (Å²) in [5.74, 6) is 0. The van der Waals surface area contributed by atoms with Crippen LogP contribution in [0.25, 0.3) is 10.4 Å². The standard InChI is InChI=1S/C19H27N3O3S2/c1-4-14-12-16(13(2)21-19(14)23)17-7-8-18(26-17)27(24,25)20-10-9-15-6-5-11-22(15)3/h7-8,12,15,20H,4-6,9-11H2,1-3H3,(H,21,23). The number of nitrogens with zero attached hydrogens (tertiary/aromatic N) is 1. The zero-order valence-corrected chi connectivity index (χ0v) is 17.7. The Balaban J connectivity index is 1.73. The number of aromatic nitrogens is 1. The Hall–Kier alpha value is -1.48. The average Bonchev–Trinajstić information content (AvgIpc) is 3.25. The number of likely N-dealkylation sites (tertiary alicyclic amines) is 1. The Morgan fingerprint density at radius 3 is 2.81 bits per heavy atom. The van der Waals surface area contributed by atoms with Crippen LogP contribution in [0.15, 0.2) is 27.2 Å². The summed E-state index contributed by atoms with van der Waals surface area (Å²) in [4.78, 5) is 17.9. The lowest BCUT2D eigenvalue weighted by Gasteiger charge is -2.19. The van der Waals surface area contributed by atoms with Gasteiger partial charge >= 0.3 is 0 Å². The fourth-order valence-electron chi connectivity index (χ4n) is 3.57. The van der Waals surface area contributed by atoms with E-state index in [0.29, 0.717) is 28.8 Å². The molecule has 0 aliphatic carbocycles. The van der Waals surface area contributed by atoms with Crippen LogP contribution in [0.5, 0.6) is 0 Å². The molecule has 0 bridgehead atoms. The molecule has 8 heteroatoms. The minimum absolute atomic E-state index is 0.0818. The minimum Gasteiger partial charge on any atom is -0.326 e. The van der Waals surface area contributed by atoms with Gasteiger partial charge in [0.05, 0.1) is 0 Å². The summed E-state index contributed by atoms with van der Waals surface area (Å²) in [6, 6.07) is 5.77. The van der Waals surface area contributed by atoms with Gasteiger partial charge in [-0.15, -0.1) is 11.3 Å². The maximum atomic E-state index is 12.6. The van der Waals surface area contributed by atoms with E-state index in [1.165, 1.54) is 17.8 Å². The van der Waals surface area contributed by atoms with Crippen molar-refractivity contribution < 1.29 is 8.42 Å². The lowest BCUT2D eigenvalue weighted by Crippen LogP contribution is -2.31. The average molecular weight is 410 g/mol. The molecule has 1 unspecified atom stereocenters. The Kier molecular flexibility index (Phi) is 6.20. The molecule has 3 heterocycles. The lowest BCUT2D eigenvalue weighted by molar-refractivity contribution is 0.297. The molecule has 3 rings (SSSR count). The third-order valence-electron chi connectivity index (χ3n) is 5.25. The lowest BCUT2D eigenvalue weighted by atomic mass is 10.1. The van der Waals surface area contributed by atoms with Crippen LogP contribution in [0, 0.1) is 6.92 Å². The molecule has 2 N–H and O–H groups in total. The Bertz CT molecular complexity index is 963. The molecule has 1 fully saturated rings. The second kappa shape index (κ2) is 8.26. The van der Waals surface area contributed by atoms with E-state index in [-0.39, 0.29) is 5.56 Å². The van der Waals surface area contributed by atoms with Crippen LogP contribution < -0.4 is 10.3 Å². The van der Waals surface area contributed by atoms with Gasteiger partial charge in [-0.1, -0.05) is 6.92 Å². The largest absolute Gasteiger partial charge is 0.326 e. The van der Waals surface area contributed by atoms with Crippen molar-refractivity contribution in [3.8, 4) is 10.4 Å². The van der Waals surface area contributed by atoms with Crippen molar-refractivity contribution in [2.75, 3.05) is 20.1 Å². The topological polar surface area (TPSA) is 82.3 Å². The van der Waals surface area contributed by atoms with Crippen molar-refractivity contribution in [2.45, 2.75) is 49.8 Å². The number of thiophene rings is 1. The minimum atomic E-state index is -3.52. The highest BCUT2D eigenvalue weighted by molar-refractivity contribution is 7.91. The fraction of sp³-hybridized carbons (Fsp3) is 0.526. The first-order valence-electron chi connectivity index (χ1n) is 9.34. The van der Waals surface area contributed by atoms with E-state index in [0.717, 1.165) is 35.5 Å². The van der Waals surface area contributed by atoms with Crippen molar-refractivity contribution in [3.63, 3.8) is 0 Å². The maximum Gasteiger partial charge on any atom is 0.251 e. The van der Waals surface area contributed by atoms with Gasteiger partial charge in [-0.05, 0) is 64.4 Å². The predicted octanol–water partition coefficient (Wildman–Crippen LogP) is 2.74. The quantitative estimate of drug-likeness (QED) is 0.737. The van der Waals surface area contributed by atoms with Crippen LogP contribution in [-0.4, -0.2) is 44.5 Å². The van der Waals surface area contributed by atoms with Crippen molar-refractivity contribution in [2.24, 2.45) is 0 Å².